The molecular formula is C33H47N3O7. The van der Waals surface area contributed by atoms with Crippen molar-refractivity contribution in [2.24, 2.45) is 11.8 Å². The number of rotatable bonds is 13. The highest BCUT2D eigenvalue weighted by Crippen LogP contribution is 2.31. The van der Waals surface area contributed by atoms with Gasteiger partial charge >= 0.3 is 6.09 Å². The number of hydrogen-bond donors (Lipinski definition) is 1. The van der Waals surface area contributed by atoms with Gasteiger partial charge in [-0.3, -0.25) is 9.59 Å². The fraction of sp³-hybridized carbons (Fsp3) is 0.545. The number of methoxy groups -OCH3 is 2. The van der Waals surface area contributed by atoms with Crippen LogP contribution in [0, 0.1) is 11.8 Å². The number of likely N-dealkylation sites (tertiary alicyclic amines) is 1. The van der Waals surface area contributed by atoms with E-state index in [1.54, 1.807) is 42.2 Å². The van der Waals surface area contributed by atoms with E-state index < -0.39 is 17.6 Å². The molecule has 236 valence electrons. The molecule has 3 amide bonds. The Balaban J connectivity index is 1.81. The lowest BCUT2D eigenvalue weighted by Crippen LogP contribution is -2.44. The number of amides is 3. The number of carbonyl (C=O) groups excluding carboxylic acids is 3. The van der Waals surface area contributed by atoms with Gasteiger partial charge in [0, 0.05) is 63.8 Å². The highest BCUT2D eigenvalue weighted by atomic mass is 16.6. The van der Waals surface area contributed by atoms with Crippen LogP contribution in [-0.2, 0) is 20.8 Å². The summed E-state index contributed by atoms with van der Waals surface area (Å²) in [5, 5.41) is 3.03. The summed E-state index contributed by atoms with van der Waals surface area (Å²) in [4.78, 5) is 43.7. The SMILES string of the molecule is COCCCOc1cc(C(=O)N(C[C@@H]2CN(C(=O)OC(C)(C)C)C[C@H]2C(=O)NCc2ccccc2)C(C)C)ccc1OC. The molecule has 0 aliphatic carbocycles. The summed E-state index contributed by atoms with van der Waals surface area (Å²) in [5.74, 6) is -0.156. The van der Waals surface area contributed by atoms with Gasteiger partial charge in [-0.2, -0.15) is 0 Å². The van der Waals surface area contributed by atoms with E-state index in [1.165, 1.54) is 0 Å². The number of hydrogen-bond acceptors (Lipinski definition) is 7. The molecule has 0 unspecified atom stereocenters. The molecule has 1 aliphatic heterocycles. The quantitative estimate of drug-likeness (QED) is 0.332. The first-order valence-corrected chi connectivity index (χ1v) is 14.8. The minimum absolute atomic E-state index is 0.160. The van der Waals surface area contributed by atoms with E-state index in [2.05, 4.69) is 5.32 Å². The van der Waals surface area contributed by atoms with Crippen LogP contribution in [0.3, 0.4) is 0 Å². The summed E-state index contributed by atoms with van der Waals surface area (Å²) >= 11 is 0. The third-order valence-corrected chi connectivity index (χ3v) is 7.22. The number of nitrogens with zero attached hydrogens (tertiary/aromatic N) is 2. The molecule has 0 spiro atoms. The molecule has 3 rings (SSSR count). The van der Waals surface area contributed by atoms with Crippen LogP contribution in [0.5, 0.6) is 11.5 Å². The highest BCUT2D eigenvalue weighted by Gasteiger charge is 2.42. The van der Waals surface area contributed by atoms with E-state index in [0.29, 0.717) is 49.8 Å². The Hall–Kier alpha value is -3.79. The van der Waals surface area contributed by atoms with E-state index in [0.717, 1.165) is 5.56 Å². The van der Waals surface area contributed by atoms with E-state index in [1.807, 2.05) is 65.0 Å². The van der Waals surface area contributed by atoms with Crippen LogP contribution in [-0.4, -0.2) is 86.4 Å². The number of nitrogens with one attached hydrogen (secondary N) is 1. The van der Waals surface area contributed by atoms with Crippen molar-refractivity contribution in [3.05, 3.63) is 59.7 Å². The first kappa shape index (κ1) is 33.7. The smallest absolute Gasteiger partial charge is 0.410 e. The van der Waals surface area contributed by atoms with Crippen molar-refractivity contribution < 1.29 is 33.3 Å². The molecule has 10 heteroatoms. The Morgan fingerprint density at radius 3 is 2.35 bits per heavy atom. The van der Waals surface area contributed by atoms with Crippen molar-refractivity contribution in [1.82, 2.24) is 15.1 Å². The van der Waals surface area contributed by atoms with Crippen LogP contribution in [0.2, 0.25) is 0 Å². The summed E-state index contributed by atoms with van der Waals surface area (Å²) in [5.41, 5.74) is 0.758. The summed E-state index contributed by atoms with van der Waals surface area (Å²) < 4.78 is 22.1. The van der Waals surface area contributed by atoms with E-state index in [-0.39, 0.29) is 36.9 Å². The Morgan fingerprint density at radius 2 is 1.72 bits per heavy atom. The summed E-state index contributed by atoms with van der Waals surface area (Å²) in [7, 11) is 3.19. The second-order valence-electron chi connectivity index (χ2n) is 12.1. The van der Waals surface area contributed by atoms with E-state index >= 15 is 0 Å². The first-order valence-electron chi connectivity index (χ1n) is 14.8. The van der Waals surface area contributed by atoms with Gasteiger partial charge in [-0.1, -0.05) is 30.3 Å². The average Bonchev–Trinajstić information content (AvgIpc) is 3.40. The molecule has 0 radical (unpaired) electrons. The van der Waals surface area contributed by atoms with Crippen molar-refractivity contribution in [3.8, 4) is 11.5 Å². The molecule has 0 saturated carbocycles. The summed E-state index contributed by atoms with van der Waals surface area (Å²) in [6, 6.07) is 14.6. The lowest BCUT2D eigenvalue weighted by molar-refractivity contribution is -0.126. The molecule has 1 saturated heterocycles. The molecule has 0 aromatic heterocycles. The predicted molar refractivity (Wildman–Crippen MR) is 164 cm³/mol. The Bertz CT molecular complexity index is 1210. The van der Waals surface area contributed by atoms with Crippen LogP contribution < -0.4 is 14.8 Å². The molecule has 2 atom stereocenters. The molecule has 1 aliphatic rings. The third-order valence-electron chi connectivity index (χ3n) is 7.22. The van der Waals surface area contributed by atoms with Gasteiger partial charge in [0.15, 0.2) is 11.5 Å². The first-order chi connectivity index (χ1) is 20.4. The van der Waals surface area contributed by atoms with Crippen molar-refractivity contribution in [3.63, 3.8) is 0 Å². The molecule has 43 heavy (non-hydrogen) atoms. The van der Waals surface area contributed by atoms with Gasteiger partial charge < -0.3 is 34.1 Å². The number of carbonyl (C=O) groups is 3. The second-order valence-corrected chi connectivity index (χ2v) is 12.1. The van der Waals surface area contributed by atoms with Crippen molar-refractivity contribution in [2.75, 3.05) is 47.1 Å². The molecule has 2 aromatic carbocycles. The minimum Gasteiger partial charge on any atom is -0.493 e. The second kappa shape index (κ2) is 15.6. The molecule has 2 aromatic rings. The zero-order valence-corrected chi connectivity index (χ0v) is 26.6. The van der Waals surface area contributed by atoms with Crippen LogP contribution >= 0.6 is 0 Å². The van der Waals surface area contributed by atoms with Gasteiger partial charge in [0.25, 0.3) is 5.91 Å². The molecule has 10 nitrogen and oxygen atoms in total. The predicted octanol–water partition coefficient (Wildman–Crippen LogP) is 4.76. The normalized spacial score (nSPS) is 16.6. The van der Waals surface area contributed by atoms with Crippen LogP contribution in [0.4, 0.5) is 4.79 Å². The molecular weight excluding hydrogens is 550 g/mol. The van der Waals surface area contributed by atoms with Gasteiger partial charge in [-0.05, 0) is 58.4 Å². The van der Waals surface area contributed by atoms with Gasteiger partial charge in [0.1, 0.15) is 5.60 Å². The van der Waals surface area contributed by atoms with Crippen LogP contribution in [0.25, 0.3) is 0 Å². The largest absolute Gasteiger partial charge is 0.493 e. The Labute approximate surface area is 255 Å². The van der Waals surface area contributed by atoms with Crippen LogP contribution in [0.15, 0.2) is 48.5 Å². The Morgan fingerprint density at radius 1 is 1.00 bits per heavy atom. The molecule has 1 N–H and O–H groups in total. The number of ether oxygens (including phenoxy) is 4. The number of benzene rings is 2. The third kappa shape index (κ3) is 9.88. The van der Waals surface area contributed by atoms with Gasteiger partial charge in [0.05, 0.1) is 19.6 Å². The zero-order chi connectivity index (χ0) is 31.6. The maximum Gasteiger partial charge on any atom is 0.410 e. The van der Waals surface area contributed by atoms with E-state index in [4.69, 9.17) is 18.9 Å². The standard InChI is InChI=1S/C33H47N3O7/c1-23(2)36(31(38)25-14-15-28(41-7)29(18-25)42-17-11-16-40-6)21-26-20-35(32(39)43-33(3,4)5)22-27(26)30(37)34-19-24-12-9-8-10-13-24/h8-10,12-15,18,23,26-27H,11,16-17,19-22H2,1-7H3,(H,34,37)/t26-,27+/m0/s1. The van der Waals surface area contributed by atoms with E-state index in [9.17, 15) is 14.4 Å². The maximum absolute atomic E-state index is 13.9. The zero-order valence-electron chi connectivity index (χ0n) is 26.6. The lowest BCUT2D eigenvalue weighted by Gasteiger charge is -2.31. The van der Waals surface area contributed by atoms with Crippen LogP contribution in [0.1, 0.15) is 57.0 Å². The fourth-order valence-electron chi connectivity index (χ4n) is 5.00. The molecule has 1 heterocycles. The summed E-state index contributed by atoms with van der Waals surface area (Å²) in [6.45, 7) is 11.5. The average molecular weight is 598 g/mol. The fourth-order valence-corrected chi connectivity index (χ4v) is 5.00. The van der Waals surface area contributed by atoms with Gasteiger partial charge in [-0.25, -0.2) is 4.79 Å². The maximum atomic E-state index is 13.9. The van der Waals surface area contributed by atoms with Crippen molar-refractivity contribution in [1.29, 1.82) is 0 Å². The highest BCUT2D eigenvalue weighted by molar-refractivity contribution is 5.95. The van der Waals surface area contributed by atoms with Gasteiger partial charge in [0.2, 0.25) is 5.91 Å². The molecule has 1 fully saturated rings. The summed E-state index contributed by atoms with van der Waals surface area (Å²) in [6.07, 6.45) is 0.225. The lowest BCUT2D eigenvalue weighted by atomic mass is 9.93. The van der Waals surface area contributed by atoms with Crippen molar-refractivity contribution >= 4 is 17.9 Å². The monoisotopic (exact) mass is 597 g/mol. The molecule has 0 bridgehead atoms. The topological polar surface area (TPSA) is 107 Å². The van der Waals surface area contributed by atoms with Crippen molar-refractivity contribution in [2.45, 2.75) is 59.2 Å². The minimum atomic E-state index is -0.669. The van der Waals surface area contributed by atoms with Gasteiger partial charge in [-0.15, -0.1) is 0 Å². The Kier molecular flexibility index (Phi) is 12.2.